The molecule has 0 spiro atoms. The number of rotatable bonds is 7. The van der Waals surface area contributed by atoms with Crippen molar-refractivity contribution >= 4 is 68.8 Å². The van der Waals surface area contributed by atoms with E-state index in [0.29, 0.717) is 55.8 Å². The van der Waals surface area contributed by atoms with Gasteiger partial charge in [-0.1, -0.05) is 28.9 Å². The van der Waals surface area contributed by atoms with Gasteiger partial charge in [0.15, 0.2) is 22.4 Å². The number of nitrogens with zero attached hydrogens (tertiary/aromatic N) is 12. The summed E-state index contributed by atoms with van der Waals surface area (Å²) in [4.78, 5) is 48.3. The molecular weight excluding hydrogens is 678 g/mol. The van der Waals surface area contributed by atoms with Crippen LogP contribution in [0.2, 0.25) is 5.15 Å². The van der Waals surface area contributed by atoms with Crippen LogP contribution in [0.15, 0.2) is 77.1 Å². The maximum absolute atomic E-state index is 12.3. The number of nitrogens with one attached hydrogen (secondary N) is 2. The number of aromatic amines is 1. The average molecular weight is 696 g/mol. The minimum absolute atomic E-state index is 0.0152. The number of nitro groups is 1. The number of nitrogens with two attached hydrogens (primary N) is 1. The van der Waals surface area contributed by atoms with Gasteiger partial charge >= 0.3 is 0 Å². The Morgan fingerprint density at radius 2 is 1.96 bits per heavy atom. The highest BCUT2D eigenvalue weighted by Crippen LogP contribution is 2.28. The number of pyridine rings is 1. The molecule has 7 aromatic heterocycles. The number of benzene rings is 1. The van der Waals surface area contributed by atoms with Crippen LogP contribution in [0.3, 0.4) is 0 Å². The number of nitrogen functional groups attached to an aromatic ring is 1. The number of amides is 1. The van der Waals surface area contributed by atoms with Gasteiger partial charge in [-0.15, -0.1) is 21.5 Å². The number of fused-ring (bicyclic) bond motifs is 2. The van der Waals surface area contributed by atoms with E-state index in [4.69, 9.17) is 21.8 Å². The molecule has 0 unspecified atom stereocenters. The Kier molecular flexibility index (Phi) is 8.26. The number of anilines is 2. The zero-order valence-electron chi connectivity index (χ0n) is 24.5. The normalized spacial score (nSPS) is 11.0. The van der Waals surface area contributed by atoms with Gasteiger partial charge in [0.2, 0.25) is 17.5 Å². The Morgan fingerprint density at radius 3 is 2.71 bits per heavy atom. The van der Waals surface area contributed by atoms with Crippen LogP contribution in [0.5, 0.6) is 0 Å². The third-order valence-corrected chi connectivity index (χ3v) is 7.66. The number of thiazole rings is 1. The predicted octanol–water partition coefficient (Wildman–Crippen LogP) is 4.19. The van der Waals surface area contributed by atoms with Gasteiger partial charge in [-0.3, -0.25) is 25.2 Å². The van der Waals surface area contributed by atoms with Crippen molar-refractivity contribution in [2.75, 3.05) is 11.1 Å². The number of halogens is 1. The van der Waals surface area contributed by atoms with Gasteiger partial charge in [0, 0.05) is 24.5 Å². The average Bonchev–Trinajstić information content (AvgIpc) is 3.93. The zero-order chi connectivity index (χ0) is 33.9. The highest BCUT2D eigenvalue weighted by atomic mass is 35.5. The number of non-ortho nitro benzene ring substituents is 1. The fourth-order valence-electron chi connectivity index (χ4n) is 4.50. The Morgan fingerprint density at radius 1 is 1.06 bits per heavy atom. The first-order valence-electron chi connectivity index (χ1n) is 13.9. The lowest BCUT2D eigenvalue weighted by atomic mass is 10.2. The topological polar surface area (TPSA) is 261 Å². The molecule has 0 fully saturated rings. The minimum Gasteiger partial charge on any atom is -0.463 e. The smallest absolute Gasteiger partial charge is 0.269 e. The van der Waals surface area contributed by atoms with Crippen molar-refractivity contribution in [3.63, 3.8) is 0 Å². The van der Waals surface area contributed by atoms with Crippen molar-refractivity contribution < 1.29 is 14.1 Å². The zero-order valence-corrected chi connectivity index (χ0v) is 26.1. The maximum Gasteiger partial charge on any atom is 0.269 e. The number of nitro benzene ring substituents is 1. The first kappa shape index (κ1) is 30.8. The van der Waals surface area contributed by atoms with Crippen LogP contribution in [0.4, 0.5) is 17.6 Å². The van der Waals surface area contributed by atoms with Crippen LogP contribution in [-0.2, 0) is 6.54 Å². The van der Waals surface area contributed by atoms with Crippen LogP contribution < -0.4 is 11.1 Å². The van der Waals surface area contributed by atoms with Crippen LogP contribution in [-0.4, -0.2) is 71.1 Å². The second kappa shape index (κ2) is 13.1. The third kappa shape index (κ3) is 6.57. The van der Waals surface area contributed by atoms with E-state index >= 15 is 0 Å². The van der Waals surface area contributed by atoms with Crippen molar-refractivity contribution in [3.8, 4) is 22.0 Å². The lowest BCUT2D eigenvalue weighted by Crippen LogP contribution is -2.14. The molecule has 8 rings (SSSR count). The second-order valence-electron chi connectivity index (χ2n) is 9.84. The summed E-state index contributed by atoms with van der Waals surface area (Å²) in [7, 11) is 0. The Labute approximate surface area is 281 Å². The van der Waals surface area contributed by atoms with Gasteiger partial charge in [-0.25, -0.2) is 19.6 Å². The SMILES string of the molecule is Nc1nc(-c2cncs2)c2nnn(Cc3cccc([N+](=O)[O-])c3)c2n1.O=C(Nc1nc(-c2ccco2)c2n[nH]nc2n1)c1ccc(Cl)nc1. The van der Waals surface area contributed by atoms with Crippen molar-refractivity contribution in [2.45, 2.75) is 6.54 Å². The van der Waals surface area contributed by atoms with E-state index in [2.05, 4.69) is 60.9 Å². The predicted molar refractivity (Wildman–Crippen MR) is 175 cm³/mol. The van der Waals surface area contributed by atoms with Crippen molar-refractivity contribution in [1.29, 1.82) is 0 Å². The summed E-state index contributed by atoms with van der Waals surface area (Å²) in [5.74, 6) is 0.230. The minimum atomic E-state index is -0.439. The van der Waals surface area contributed by atoms with Gasteiger partial charge in [0.25, 0.3) is 11.6 Å². The molecule has 0 atom stereocenters. The van der Waals surface area contributed by atoms with E-state index in [9.17, 15) is 14.9 Å². The molecule has 1 amide bonds. The molecule has 7 heterocycles. The van der Waals surface area contributed by atoms with Crippen LogP contribution in [0.1, 0.15) is 15.9 Å². The van der Waals surface area contributed by atoms with Crippen LogP contribution in [0.25, 0.3) is 44.4 Å². The highest BCUT2D eigenvalue weighted by molar-refractivity contribution is 7.13. The fraction of sp³-hybridized carbons (Fsp3) is 0.0357. The first-order valence-corrected chi connectivity index (χ1v) is 15.1. The monoisotopic (exact) mass is 695 g/mol. The lowest BCUT2D eigenvalue weighted by molar-refractivity contribution is -0.384. The molecular formula is C28H18ClN15O4S. The summed E-state index contributed by atoms with van der Waals surface area (Å²) < 4.78 is 6.88. The van der Waals surface area contributed by atoms with Crippen LogP contribution in [0, 0.1) is 10.1 Å². The Hall–Kier alpha value is -6.80. The quantitative estimate of drug-likeness (QED) is 0.120. The summed E-state index contributed by atoms with van der Waals surface area (Å²) in [5.41, 5.74) is 11.2. The third-order valence-electron chi connectivity index (χ3n) is 6.65. The molecule has 8 aromatic rings. The number of aromatic nitrogens is 12. The van der Waals surface area contributed by atoms with Gasteiger partial charge in [-0.2, -0.15) is 20.3 Å². The highest BCUT2D eigenvalue weighted by Gasteiger charge is 2.19. The molecule has 0 saturated heterocycles. The maximum atomic E-state index is 12.3. The van der Waals surface area contributed by atoms with E-state index < -0.39 is 10.8 Å². The van der Waals surface area contributed by atoms with E-state index in [1.54, 1.807) is 42.0 Å². The summed E-state index contributed by atoms with van der Waals surface area (Å²) in [6.45, 7) is 0.275. The lowest BCUT2D eigenvalue weighted by Gasteiger charge is -2.05. The second-order valence-corrected chi connectivity index (χ2v) is 11.1. The fourth-order valence-corrected chi connectivity index (χ4v) is 5.22. The molecule has 0 aliphatic rings. The summed E-state index contributed by atoms with van der Waals surface area (Å²) in [6.07, 6.45) is 4.55. The number of carbonyl (C=O) groups is 1. The number of H-pyrrole nitrogens is 1. The van der Waals surface area contributed by atoms with Gasteiger partial charge in [0.1, 0.15) is 16.5 Å². The van der Waals surface area contributed by atoms with Crippen molar-refractivity contribution in [2.24, 2.45) is 0 Å². The summed E-state index contributed by atoms with van der Waals surface area (Å²) >= 11 is 7.12. The number of carbonyl (C=O) groups excluding carboxylic acids is 1. The van der Waals surface area contributed by atoms with Crippen LogP contribution >= 0.6 is 22.9 Å². The Balaban J connectivity index is 0.000000154. The molecule has 19 nitrogen and oxygen atoms in total. The molecule has 0 saturated carbocycles. The van der Waals surface area contributed by atoms with E-state index in [1.807, 2.05) is 0 Å². The molecule has 49 heavy (non-hydrogen) atoms. The van der Waals surface area contributed by atoms with Crippen molar-refractivity contribution in [1.82, 2.24) is 60.3 Å². The van der Waals surface area contributed by atoms with E-state index in [-0.39, 0.29) is 24.1 Å². The van der Waals surface area contributed by atoms with Crippen molar-refractivity contribution in [3.05, 3.63) is 99.1 Å². The number of furan rings is 1. The number of hydrogen-bond donors (Lipinski definition) is 3. The van der Waals surface area contributed by atoms with Gasteiger partial charge in [-0.05, 0) is 29.8 Å². The first-order chi connectivity index (χ1) is 23.8. The number of hydrogen-bond acceptors (Lipinski definition) is 16. The van der Waals surface area contributed by atoms with Gasteiger partial charge in [0.05, 0.1) is 33.7 Å². The Bertz CT molecular complexity index is 2430. The standard InChI is InChI=1S/C14H8ClN7O2.C14H10N8O2S/c15-9-4-3-7(6-16-9)13(23)19-14-17-10(8-2-1-5-24-8)11-12(18-14)21-22-20-11;15-14-17-11(10-5-16-7-25-10)12-13(18-14)21(20-19-12)6-8-2-1-3-9(4-8)22(23)24/h1-6H,(H2,17,18,19,20,21,22,23);1-5,7H,6H2,(H2,15,17,18). The van der Waals surface area contributed by atoms with E-state index in [0.717, 1.165) is 4.88 Å². The molecule has 0 aliphatic carbocycles. The van der Waals surface area contributed by atoms with E-state index in [1.165, 1.54) is 46.7 Å². The summed E-state index contributed by atoms with van der Waals surface area (Å²) in [5, 5.41) is 32.5. The molecule has 242 valence electrons. The molecule has 1 aromatic carbocycles. The molecule has 0 radical (unpaired) electrons. The van der Waals surface area contributed by atoms with Gasteiger partial charge < -0.3 is 10.2 Å². The molecule has 0 aliphatic heterocycles. The molecule has 21 heteroatoms. The summed E-state index contributed by atoms with van der Waals surface area (Å²) in [6, 6.07) is 12.8. The molecule has 4 N–H and O–H groups in total. The largest absolute Gasteiger partial charge is 0.463 e. The molecule has 0 bridgehead atoms.